The predicted molar refractivity (Wildman–Crippen MR) is 117 cm³/mol. The molecule has 2 aromatic carbocycles. The van der Waals surface area contributed by atoms with E-state index in [0.717, 1.165) is 22.9 Å². The fraction of sp³-hybridized carbons (Fsp3) is 0.391. The van der Waals surface area contributed by atoms with Crippen molar-refractivity contribution >= 4 is 27.7 Å². The van der Waals surface area contributed by atoms with E-state index in [0.29, 0.717) is 43.2 Å². The quantitative estimate of drug-likeness (QED) is 0.668. The summed E-state index contributed by atoms with van der Waals surface area (Å²) in [5.41, 5.74) is 1.26. The lowest BCUT2D eigenvalue weighted by Crippen LogP contribution is -2.53. The summed E-state index contributed by atoms with van der Waals surface area (Å²) in [4.78, 5) is 29.9. The van der Waals surface area contributed by atoms with E-state index in [1.807, 2.05) is 29.2 Å². The van der Waals surface area contributed by atoms with Gasteiger partial charge in [-0.1, -0.05) is 28.1 Å². The number of methoxy groups -OCH3 is 2. The maximum atomic E-state index is 13.2. The van der Waals surface area contributed by atoms with E-state index >= 15 is 0 Å². The summed E-state index contributed by atoms with van der Waals surface area (Å²) < 4.78 is 11.6. The summed E-state index contributed by atoms with van der Waals surface area (Å²) in [5.74, 6) is 1.25. The molecule has 4 rings (SSSR count). The zero-order chi connectivity index (χ0) is 21.3. The number of hydrogen-bond donors (Lipinski definition) is 0. The minimum atomic E-state index is -0.379. The highest BCUT2D eigenvalue weighted by molar-refractivity contribution is 9.10. The molecule has 0 aromatic heterocycles. The van der Waals surface area contributed by atoms with E-state index in [1.54, 1.807) is 37.3 Å². The summed E-state index contributed by atoms with van der Waals surface area (Å²) in [6.45, 7) is 2.15. The Bertz CT molecular complexity index is 948. The Balaban J connectivity index is 1.41. The van der Waals surface area contributed by atoms with Crippen LogP contribution in [-0.4, -0.2) is 62.0 Å². The molecule has 1 aliphatic carbocycles. The van der Waals surface area contributed by atoms with Crippen LogP contribution < -0.4 is 9.47 Å². The van der Waals surface area contributed by atoms with Crippen molar-refractivity contribution in [3.63, 3.8) is 0 Å². The second-order valence-electron chi connectivity index (χ2n) is 7.74. The molecule has 0 spiro atoms. The summed E-state index contributed by atoms with van der Waals surface area (Å²) in [7, 11) is 3.12. The number of carbonyl (C=O) groups excluding carboxylic acids is 2. The van der Waals surface area contributed by atoms with Crippen molar-refractivity contribution < 1.29 is 19.1 Å². The maximum Gasteiger partial charge on any atom is 0.254 e. The molecule has 0 atom stereocenters. The molecular weight excluding hydrogens is 448 g/mol. The van der Waals surface area contributed by atoms with Crippen molar-refractivity contribution in [3.05, 3.63) is 58.1 Å². The molecule has 2 aromatic rings. The van der Waals surface area contributed by atoms with Gasteiger partial charge in [0.05, 0.1) is 19.6 Å². The van der Waals surface area contributed by atoms with Crippen LogP contribution in [0.2, 0.25) is 0 Å². The first-order valence-corrected chi connectivity index (χ1v) is 10.8. The number of amides is 2. The van der Waals surface area contributed by atoms with Gasteiger partial charge < -0.3 is 19.3 Å². The van der Waals surface area contributed by atoms with Gasteiger partial charge in [0.15, 0.2) is 11.5 Å². The number of nitrogens with zero attached hydrogens (tertiary/aromatic N) is 2. The highest BCUT2D eigenvalue weighted by atomic mass is 79.9. The van der Waals surface area contributed by atoms with Crippen LogP contribution in [0.15, 0.2) is 46.9 Å². The third-order valence-corrected chi connectivity index (χ3v) is 6.57. The molecule has 30 heavy (non-hydrogen) atoms. The van der Waals surface area contributed by atoms with Gasteiger partial charge in [0.1, 0.15) is 0 Å². The van der Waals surface area contributed by atoms with Crippen molar-refractivity contribution in [3.8, 4) is 11.5 Å². The standard InChI is InChI=1S/C23H25BrN2O4/c1-29-19-8-3-16(15-20(19)30-2)21(27)25-11-13-26(14-12-25)22(28)23(9-10-23)17-4-6-18(24)7-5-17/h3-8,15H,9-14H2,1-2H3. The number of piperazine rings is 1. The summed E-state index contributed by atoms with van der Waals surface area (Å²) in [6, 6.07) is 13.2. The molecule has 1 saturated carbocycles. The molecule has 1 aliphatic heterocycles. The fourth-order valence-electron chi connectivity index (χ4n) is 4.09. The van der Waals surface area contributed by atoms with E-state index in [4.69, 9.17) is 9.47 Å². The highest BCUT2D eigenvalue weighted by Crippen LogP contribution is 2.50. The topological polar surface area (TPSA) is 59.1 Å². The van der Waals surface area contributed by atoms with Crippen LogP contribution in [0.5, 0.6) is 11.5 Å². The Morgan fingerprint density at radius 3 is 2.03 bits per heavy atom. The van der Waals surface area contributed by atoms with Gasteiger partial charge in [0.25, 0.3) is 5.91 Å². The van der Waals surface area contributed by atoms with Crippen LogP contribution >= 0.6 is 15.9 Å². The van der Waals surface area contributed by atoms with Gasteiger partial charge in [0.2, 0.25) is 5.91 Å². The first-order chi connectivity index (χ1) is 14.5. The summed E-state index contributed by atoms with van der Waals surface area (Å²) in [5, 5.41) is 0. The minimum absolute atomic E-state index is 0.0582. The van der Waals surface area contributed by atoms with Crippen LogP contribution in [0.4, 0.5) is 0 Å². The van der Waals surface area contributed by atoms with Crippen LogP contribution in [0, 0.1) is 0 Å². The summed E-state index contributed by atoms with van der Waals surface area (Å²) in [6.07, 6.45) is 1.77. The molecule has 2 amide bonds. The van der Waals surface area contributed by atoms with E-state index < -0.39 is 0 Å². The van der Waals surface area contributed by atoms with Crippen molar-refractivity contribution in [1.82, 2.24) is 9.80 Å². The second kappa shape index (κ2) is 8.30. The lowest BCUT2D eigenvalue weighted by atomic mass is 9.94. The van der Waals surface area contributed by atoms with Crippen LogP contribution in [-0.2, 0) is 10.2 Å². The average molecular weight is 473 g/mol. The Labute approximate surface area is 184 Å². The third kappa shape index (κ3) is 3.78. The molecule has 0 unspecified atom stereocenters. The van der Waals surface area contributed by atoms with Gasteiger partial charge in [-0.3, -0.25) is 9.59 Å². The van der Waals surface area contributed by atoms with Crippen LogP contribution in [0.1, 0.15) is 28.8 Å². The molecule has 158 valence electrons. The lowest BCUT2D eigenvalue weighted by Gasteiger charge is -2.36. The SMILES string of the molecule is COc1ccc(C(=O)N2CCN(C(=O)C3(c4ccc(Br)cc4)CC3)CC2)cc1OC. The molecule has 0 radical (unpaired) electrons. The Kier molecular flexibility index (Phi) is 5.73. The third-order valence-electron chi connectivity index (χ3n) is 6.04. The average Bonchev–Trinajstić information content (AvgIpc) is 3.60. The van der Waals surface area contributed by atoms with Crippen LogP contribution in [0.3, 0.4) is 0 Å². The van der Waals surface area contributed by atoms with Crippen LogP contribution in [0.25, 0.3) is 0 Å². The van der Waals surface area contributed by atoms with Gasteiger partial charge in [0, 0.05) is 36.2 Å². The first kappa shape index (κ1) is 20.7. The number of ether oxygens (including phenoxy) is 2. The lowest BCUT2D eigenvalue weighted by molar-refractivity contribution is -0.135. The van der Waals surface area contributed by atoms with Gasteiger partial charge in [-0.2, -0.15) is 0 Å². The van der Waals surface area contributed by atoms with E-state index in [1.165, 1.54) is 0 Å². The number of rotatable bonds is 5. The van der Waals surface area contributed by atoms with Gasteiger partial charge >= 0.3 is 0 Å². The molecule has 2 aliphatic rings. The van der Waals surface area contributed by atoms with Gasteiger partial charge in [-0.25, -0.2) is 0 Å². The van der Waals surface area contributed by atoms with Crippen molar-refractivity contribution in [2.75, 3.05) is 40.4 Å². The zero-order valence-electron chi connectivity index (χ0n) is 17.2. The smallest absolute Gasteiger partial charge is 0.254 e. The summed E-state index contributed by atoms with van der Waals surface area (Å²) >= 11 is 3.45. The molecular formula is C23H25BrN2O4. The van der Waals surface area contributed by atoms with E-state index in [9.17, 15) is 9.59 Å². The number of carbonyl (C=O) groups is 2. The minimum Gasteiger partial charge on any atom is -0.493 e. The Morgan fingerprint density at radius 2 is 1.47 bits per heavy atom. The van der Waals surface area contributed by atoms with E-state index in [-0.39, 0.29) is 17.2 Å². The molecule has 6 nitrogen and oxygen atoms in total. The zero-order valence-corrected chi connectivity index (χ0v) is 18.8. The van der Waals surface area contributed by atoms with Gasteiger partial charge in [-0.15, -0.1) is 0 Å². The normalized spacial score (nSPS) is 17.4. The molecule has 2 fully saturated rings. The number of benzene rings is 2. The molecule has 0 bridgehead atoms. The van der Waals surface area contributed by atoms with Crippen molar-refractivity contribution in [2.24, 2.45) is 0 Å². The number of hydrogen-bond acceptors (Lipinski definition) is 4. The highest BCUT2D eigenvalue weighted by Gasteiger charge is 2.53. The van der Waals surface area contributed by atoms with Crippen molar-refractivity contribution in [2.45, 2.75) is 18.3 Å². The monoisotopic (exact) mass is 472 g/mol. The fourth-order valence-corrected chi connectivity index (χ4v) is 4.35. The predicted octanol–water partition coefficient (Wildman–Crippen LogP) is 3.48. The molecule has 1 heterocycles. The molecule has 0 N–H and O–H groups in total. The van der Waals surface area contributed by atoms with E-state index in [2.05, 4.69) is 15.9 Å². The second-order valence-corrected chi connectivity index (χ2v) is 8.66. The molecule has 7 heteroatoms. The first-order valence-electron chi connectivity index (χ1n) is 10.1. The van der Waals surface area contributed by atoms with Gasteiger partial charge in [-0.05, 0) is 48.7 Å². The largest absolute Gasteiger partial charge is 0.493 e. The Morgan fingerprint density at radius 1 is 0.867 bits per heavy atom. The maximum absolute atomic E-state index is 13.2. The number of halogens is 1. The molecule has 1 saturated heterocycles. The Hall–Kier alpha value is -2.54. The van der Waals surface area contributed by atoms with Crippen molar-refractivity contribution in [1.29, 1.82) is 0 Å².